The number of hydrogen-bond donors (Lipinski definition) is 2. The first-order chi connectivity index (χ1) is 8.99. The molecule has 2 aromatic rings. The Bertz CT molecular complexity index is 603. The van der Waals surface area contributed by atoms with Crippen molar-refractivity contribution in [2.45, 2.75) is 26.8 Å². The lowest BCUT2D eigenvalue weighted by Gasteiger charge is -2.11. The molecule has 0 aliphatic heterocycles. The Balaban J connectivity index is 2.32. The van der Waals surface area contributed by atoms with Crippen LogP contribution in [0.5, 0.6) is 0 Å². The molecule has 2 rings (SSSR count). The second kappa shape index (κ2) is 5.36. The number of aromatic nitrogens is 3. The van der Waals surface area contributed by atoms with Gasteiger partial charge in [-0.25, -0.2) is 4.98 Å². The molecule has 19 heavy (non-hydrogen) atoms. The zero-order chi connectivity index (χ0) is 14.0. The number of aryl methyl sites for hydroxylation is 1. The van der Waals surface area contributed by atoms with Crippen molar-refractivity contribution >= 4 is 28.7 Å². The van der Waals surface area contributed by atoms with E-state index in [1.807, 2.05) is 23.9 Å². The number of pyridine rings is 1. The Morgan fingerprint density at radius 2 is 2.21 bits per heavy atom. The Kier molecular flexibility index (Phi) is 3.80. The average molecular weight is 275 g/mol. The highest BCUT2D eigenvalue weighted by molar-refractivity contribution is 7.80. The maximum atomic E-state index is 5.75. The summed E-state index contributed by atoms with van der Waals surface area (Å²) in [6, 6.07) is 2.20. The van der Waals surface area contributed by atoms with E-state index < -0.39 is 0 Å². The monoisotopic (exact) mass is 275 g/mol. The zero-order valence-electron chi connectivity index (χ0n) is 11.2. The van der Waals surface area contributed by atoms with Crippen molar-refractivity contribution in [3.8, 4) is 0 Å². The maximum absolute atomic E-state index is 5.75. The third-order valence-corrected chi connectivity index (χ3v) is 3.00. The van der Waals surface area contributed by atoms with Gasteiger partial charge in [0.2, 0.25) is 0 Å². The van der Waals surface area contributed by atoms with E-state index in [-0.39, 0.29) is 0 Å². The van der Waals surface area contributed by atoms with Crippen LogP contribution in [0.3, 0.4) is 0 Å². The minimum absolute atomic E-state index is 0.316. The Morgan fingerprint density at radius 3 is 2.79 bits per heavy atom. The Labute approximate surface area is 117 Å². The van der Waals surface area contributed by atoms with Crippen molar-refractivity contribution in [1.82, 2.24) is 14.8 Å². The Morgan fingerprint density at radius 1 is 1.47 bits per heavy atom. The van der Waals surface area contributed by atoms with Gasteiger partial charge in [-0.3, -0.25) is 4.68 Å². The van der Waals surface area contributed by atoms with E-state index in [4.69, 9.17) is 18.0 Å². The van der Waals surface area contributed by atoms with Crippen LogP contribution in [0.1, 0.15) is 31.0 Å². The summed E-state index contributed by atoms with van der Waals surface area (Å²) >= 11 is 5.08. The van der Waals surface area contributed by atoms with E-state index in [1.54, 1.807) is 12.4 Å². The van der Waals surface area contributed by atoms with Gasteiger partial charge in [0.1, 0.15) is 10.8 Å². The highest BCUT2D eigenvalue weighted by atomic mass is 32.1. The van der Waals surface area contributed by atoms with Gasteiger partial charge in [-0.1, -0.05) is 12.2 Å². The van der Waals surface area contributed by atoms with E-state index in [9.17, 15) is 0 Å². The third-order valence-electron chi connectivity index (χ3n) is 2.80. The number of nitrogens with two attached hydrogens (primary N) is 1. The lowest BCUT2D eigenvalue weighted by Crippen LogP contribution is -2.14. The van der Waals surface area contributed by atoms with Crippen molar-refractivity contribution in [1.29, 1.82) is 0 Å². The molecule has 0 saturated heterocycles. The van der Waals surface area contributed by atoms with Crippen LogP contribution in [0.25, 0.3) is 0 Å². The van der Waals surface area contributed by atoms with Crippen molar-refractivity contribution in [3.63, 3.8) is 0 Å². The lowest BCUT2D eigenvalue weighted by molar-refractivity contribution is 0.532. The molecule has 0 amide bonds. The first kappa shape index (κ1) is 13.5. The molecule has 2 aromatic heterocycles. The molecule has 0 spiro atoms. The van der Waals surface area contributed by atoms with Crippen molar-refractivity contribution < 1.29 is 0 Å². The standard InChI is InChI=1S/C13H17N5S/c1-8(2)18-7-10(6-16-18)17-13-11(12(14)19)9(3)4-5-15-13/h4-8H,1-3H3,(H2,14,19)(H,15,17). The largest absolute Gasteiger partial charge is 0.389 e. The number of anilines is 2. The van der Waals surface area contributed by atoms with Crippen molar-refractivity contribution in [2.24, 2.45) is 5.73 Å². The zero-order valence-corrected chi connectivity index (χ0v) is 12.0. The van der Waals surface area contributed by atoms with E-state index >= 15 is 0 Å². The van der Waals surface area contributed by atoms with Gasteiger partial charge >= 0.3 is 0 Å². The molecule has 3 N–H and O–H groups in total. The first-order valence-corrected chi connectivity index (χ1v) is 6.46. The number of hydrogen-bond acceptors (Lipinski definition) is 4. The fourth-order valence-electron chi connectivity index (χ4n) is 1.79. The molecule has 0 bridgehead atoms. The van der Waals surface area contributed by atoms with E-state index in [1.165, 1.54) is 0 Å². The molecular weight excluding hydrogens is 258 g/mol. The van der Waals surface area contributed by atoms with Gasteiger partial charge in [0.15, 0.2) is 0 Å². The number of rotatable bonds is 4. The van der Waals surface area contributed by atoms with E-state index in [0.717, 1.165) is 16.8 Å². The predicted molar refractivity (Wildman–Crippen MR) is 80.8 cm³/mol. The third kappa shape index (κ3) is 2.90. The summed E-state index contributed by atoms with van der Waals surface area (Å²) in [4.78, 5) is 4.63. The summed E-state index contributed by atoms with van der Waals surface area (Å²) in [6.07, 6.45) is 5.41. The second-order valence-electron chi connectivity index (χ2n) is 4.64. The van der Waals surface area contributed by atoms with Crippen LogP contribution in [0.4, 0.5) is 11.5 Å². The van der Waals surface area contributed by atoms with Crippen LogP contribution in [0.15, 0.2) is 24.7 Å². The van der Waals surface area contributed by atoms with Crippen molar-refractivity contribution in [2.75, 3.05) is 5.32 Å². The molecule has 6 heteroatoms. The fourth-order valence-corrected chi connectivity index (χ4v) is 2.04. The van der Waals surface area contributed by atoms with Crippen LogP contribution in [-0.4, -0.2) is 19.8 Å². The molecule has 100 valence electrons. The Hall–Kier alpha value is -1.95. The molecule has 0 aromatic carbocycles. The average Bonchev–Trinajstić information content (AvgIpc) is 2.77. The van der Waals surface area contributed by atoms with Crippen LogP contribution in [0.2, 0.25) is 0 Å². The summed E-state index contributed by atoms with van der Waals surface area (Å²) in [7, 11) is 0. The SMILES string of the molecule is Cc1ccnc(Nc2cnn(C(C)C)c2)c1C(N)=S. The summed E-state index contributed by atoms with van der Waals surface area (Å²) in [5.41, 5.74) is 8.39. The number of nitrogens with zero attached hydrogens (tertiary/aromatic N) is 3. The molecule has 0 fully saturated rings. The highest BCUT2D eigenvalue weighted by Gasteiger charge is 2.11. The minimum Gasteiger partial charge on any atom is -0.389 e. The summed E-state index contributed by atoms with van der Waals surface area (Å²) in [5.74, 6) is 0.663. The quantitative estimate of drug-likeness (QED) is 0.839. The number of thiocarbonyl (C=S) groups is 1. The normalized spacial score (nSPS) is 10.7. The molecule has 0 aliphatic rings. The molecule has 0 radical (unpaired) electrons. The van der Waals surface area contributed by atoms with Gasteiger partial charge in [0.05, 0.1) is 17.4 Å². The van der Waals surface area contributed by atoms with Gasteiger partial charge in [0, 0.05) is 18.4 Å². The molecular formula is C13H17N5S. The molecule has 0 unspecified atom stereocenters. The molecule has 0 saturated carbocycles. The van der Waals surface area contributed by atoms with Gasteiger partial charge < -0.3 is 11.1 Å². The highest BCUT2D eigenvalue weighted by Crippen LogP contribution is 2.21. The molecule has 0 atom stereocenters. The second-order valence-corrected chi connectivity index (χ2v) is 5.08. The van der Waals surface area contributed by atoms with Crippen LogP contribution in [0, 0.1) is 6.92 Å². The topological polar surface area (TPSA) is 68.8 Å². The van der Waals surface area contributed by atoms with Crippen LogP contribution < -0.4 is 11.1 Å². The van der Waals surface area contributed by atoms with Gasteiger partial charge in [-0.2, -0.15) is 5.10 Å². The minimum atomic E-state index is 0.316. The van der Waals surface area contributed by atoms with Gasteiger partial charge in [-0.05, 0) is 32.4 Å². The van der Waals surface area contributed by atoms with Crippen LogP contribution >= 0.6 is 12.2 Å². The fraction of sp³-hybridized carbons (Fsp3) is 0.308. The summed E-state index contributed by atoms with van der Waals surface area (Å²) in [5, 5.41) is 7.48. The van der Waals surface area contributed by atoms with E-state index in [2.05, 4.69) is 29.2 Å². The summed E-state index contributed by atoms with van der Waals surface area (Å²) in [6.45, 7) is 6.10. The van der Waals surface area contributed by atoms with Crippen molar-refractivity contribution in [3.05, 3.63) is 35.8 Å². The summed E-state index contributed by atoms with van der Waals surface area (Å²) < 4.78 is 1.87. The maximum Gasteiger partial charge on any atom is 0.140 e. The molecule has 5 nitrogen and oxygen atoms in total. The first-order valence-electron chi connectivity index (χ1n) is 6.05. The molecule has 2 heterocycles. The molecule has 0 aliphatic carbocycles. The number of nitrogens with one attached hydrogen (secondary N) is 1. The van der Waals surface area contributed by atoms with Gasteiger partial charge in [-0.15, -0.1) is 0 Å². The predicted octanol–water partition coefficient (Wildman–Crippen LogP) is 2.55. The van der Waals surface area contributed by atoms with Gasteiger partial charge in [0.25, 0.3) is 0 Å². The smallest absolute Gasteiger partial charge is 0.140 e. The lowest BCUT2D eigenvalue weighted by atomic mass is 10.1. The van der Waals surface area contributed by atoms with Crippen LogP contribution in [-0.2, 0) is 0 Å². The van der Waals surface area contributed by atoms with E-state index in [0.29, 0.717) is 16.8 Å².